The van der Waals surface area contributed by atoms with Crippen LogP contribution in [0.5, 0.6) is 17.2 Å². The standard InChI is InChI=1S/C19H17NO5S/c21-9-19(12-6-14-15(7-13(12)22)25-10-24-14)11-2-4-20-3-1-5-26-16(18(11)20)8-17(19)23/h2,4,6-8,21-22H,1,3,5,9-10H2. The van der Waals surface area contributed by atoms with E-state index in [1.807, 2.05) is 12.3 Å². The maximum absolute atomic E-state index is 13.2. The number of aromatic nitrogens is 1. The monoisotopic (exact) mass is 371 g/mol. The molecule has 26 heavy (non-hydrogen) atoms. The molecule has 1 unspecified atom stereocenters. The first-order valence-electron chi connectivity index (χ1n) is 8.48. The first-order chi connectivity index (χ1) is 12.6. The average Bonchev–Trinajstić information content (AvgIpc) is 3.21. The highest BCUT2D eigenvalue weighted by Gasteiger charge is 2.48. The van der Waals surface area contributed by atoms with E-state index in [9.17, 15) is 15.0 Å². The number of rotatable bonds is 2. The normalized spacial score (nSPS) is 23.4. The maximum atomic E-state index is 13.2. The third kappa shape index (κ3) is 1.95. The van der Waals surface area contributed by atoms with Crippen molar-refractivity contribution in [3.63, 3.8) is 0 Å². The summed E-state index contributed by atoms with van der Waals surface area (Å²) in [6.45, 7) is 0.494. The summed E-state index contributed by atoms with van der Waals surface area (Å²) in [6, 6.07) is 4.94. The SMILES string of the molecule is O=C1C=C2SCCCn3ccc(c32)C1(CO)c1cc2c(cc1O)OCO2. The van der Waals surface area contributed by atoms with E-state index in [1.165, 1.54) is 6.07 Å². The van der Waals surface area contributed by atoms with Crippen LogP contribution in [0.15, 0.2) is 30.5 Å². The van der Waals surface area contributed by atoms with Crippen molar-refractivity contribution < 1.29 is 24.5 Å². The molecule has 1 aromatic carbocycles. The molecule has 0 saturated carbocycles. The third-order valence-corrected chi connectivity index (χ3v) is 6.44. The van der Waals surface area contributed by atoms with Gasteiger partial charge < -0.3 is 24.3 Å². The Balaban J connectivity index is 1.78. The fraction of sp³-hybridized carbons (Fsp3) is 0.316. The summed E-state index contributed by atoms with van der Waals surface area (Å²) in [5, 5.41) is 21.0. The van der Waals surface area contributed by atoms with Gasteiger partial charge in [0.15, 0.2) is 17.3 Å². The van der Waals surface area contributed by atoms with Gasteiger partial charge in [-0.25, -0.2) is 0 Å². The summed E-state index contributed by atoms with van der Waals surface area (Å²) in [5.41, 5.74) is 0.678. The number of nitrogens with zero attached hydrogens (tertiary/aromatic N) is 1. The van der Waals surface area contributed by atoms with Gasteiger partial charge in [0.2, 0.25) is 6.79 Å². The van der Waals surface area contributed by atoms with Crippen molar-refractivity contribution in [2.45, 2.75) is 18.4 Å². The molecule has 1 atom stereocenters. The Labute approximate surface area is 154 Å². The van der Waals surface area contributed by atoms with Crippen LogP contribution < -0.4 is 9.47 Å². The molecule has 1 aliphatic carbocycles. The zero-order valence-corrected chi connectivity index (χ0v) is 14.7. The molecule has 2 N–H and O–H groups in total. The molecule has 134 valence electrons. The molecule has 3 aliphatic rings. The lowest BCUT2D eigenvalue weighted by Gasteiger charge is -2.34. The summed E-state index contributed by atoms with van der Waals surface area (Å²) in [5.74, 6) is 1.53. The van der Waals surface area contributed by atoms with Gasteiger partial charge in [-0.1, -0.05) is 0 Å². The number of fused-ring (bicyclic) bond motifs is 1. The van der Waals surface area contributed by atoms with Crippen LogP contribution in [0.25, 0.3) is 4.91 Å². The van der Waals surface area contributed by atoms with Crippen molar-refractivity contribution in [1.82, 2.24) is 4.57 Å². The second kappa shape index (κ2) is 5.56. The number of aliphatic hydroxyl groups excluding tert-OH is 1. The third-order valence-electron chi connectivity index (χ3n) is 5.33. The maximum Gasteiger partial charge on any atom is 0.231 e. The molecule has 0 radical (unpaired) electrons. The number of thioether (sulfide) groups is 1. The highest BCUT2D eigenvalue weighted by atomic mass is 32.2. The zero-order valence-electron chi connectivity index (χ0n) is 13.9. The molecular formula is C19H17NO5S. The molecule has 3 heterocycles. The van der Waals surface area contributed by atoms with Gasteiger partial charge in [0.1, 0.15) is 11.2 Å². The van der Waals surface area contributed by atoms with Crippen LogP contribution in [0.3, 0.4) is 0 Å². The summed E-state index contributed by atoms with van der Waals surface area (Å²) in [4.78, 5) is 14.2. The molecule has 2 aromatic rings. The van der Waals surface area contributed by atoms with Crippen LogP contribution in [0.4, 0.5) is 0 Å². The molecule has 5 rings (SSSR count). The number of aryl methyl sites for hydroxylation is 1. The van der Waals surface area contributed by atoms with E-state index in [4.69, 9.17) is 9.47 Å². The van der Waals surface area contributed by atoms with E-state index in [0.717, 1.165) is 34.9 Å². The van der Waals surface area contributed by atoms with Gasteiger partial charge in [-0.2, -0.15) is 0 Å². The lowest BCUT2D eigenvalue weighted by atomic mass is 9.69. The molecule has 0 spiro atoms. The Morgan fingerprint density at radius 2 is 2.04 bits per heavy atom. The van der Waals surface area contributed by atoms with E-state index >= 15 is 0 Å². The second-order valence-electron chi connectivity index (χ2n) is 6.63. The van der Waals surface area contributed by atoms with Crippen molar-refractivity contribution in [1.29, 1.82) is 0 Å². The van der Waals surface area contributed by atoms with Crippen LogP contribution in [-0.4, -0.2) is 39.7 Å². The Morgan fingerprint density at radius 1 is 1.23 bits per heavy atom. The number of hydrogen-bond acceptors (Lipinski definition) is 6. The minimum Gasteiger partial charge on any atom is -0.507 e. The predicted molar refractivity (Wildman–Crippen MR) is 96.6 cm³/mol. The van der Waals surface area contributed by atoms with Gasteiger partial charge >= 0.3 is 0 Å². The highest BCUT2D eigenvalue weighted by Crippen LogP contribution is 2.51. The molecule has 0 bridgehead atoms. The van der Waals surface area contributed by atoms with Crippen LogP contribution in [0.2, 0.25) is 0 Å². The van der Waals surface area contributed by atoms with Crippen LogP contribution in [0, 0.1) is 0 Å². The van der Waals surface area contributed by atoms with E-state index in [2.05, 4.69) is 4.57 Å². The summed E-state index contributed by atoms with van der Waals surface area (Å²) < 4.78 is 12.9. The number of aromatic hydroxyl groups is 1. The Morgan fingerprint density at radius 3 is 2.85 bits per heavy atom. The highest BCUT2D eigenvalue weighted by molar-refractivity contribution is 8.08. The topological polar surface area (TPSA) is 80.9 Å². The second-order valence-corrected chi connectivity index (χ2v) is 7.77. The first-order valence-corrected chi connectivity index (χ1v) is 9.46. The number of allylic oxidation sites excluding steroid dienone is 1. The number of carbonyl (C=O) groups excluding carboxylic acids is 1. The molecule has 0 saturated heterocycles. The molecular weight excluding hydrogens is 354 g/mol. The Hall–Kier alpha value is -2.38. The Bertz CT molecular complexity index is 963. The quantitative estimate of drug-likeness (QED) is 0.843. The number of aliphatic hydroxyl groups is 1. The lowest BCUT2D eigenvalue weighted by molar-refractivity contribution is -0.119. The van der Waals surface area contributed by atoms with Crippen molar-refractivity contribution in [3.8, 4) is 17.2 Å². The van der Waals surface area contributed by atoms with Gasteiger partial charge in [-0.3, -0.25) is 4.79 Å². The van der Waals surface area contributed by atoms with Crippen LogP contribution >= 0.6 is 11.8 Å². The van der Waals surface area contributed by atoms with E-state index < -0.39 is 12.0 Å². The van der Waals surface area contributed by atoms with E-state index in [-0.39, 0.29) is 18.3 Å². The number of carbonyl (C=O) groups is 1. The number of ether oxygens (including phenoxy) is 2. The molecule has 0 amide bonds. The van der Waals surface area contributed by atoms with Crippen molar-refractivity contribution in [2.75, 3.05) is 19.2 Å². The summed E-state index contributed by atoms with van der Waals surface area (Å²) in [6.07, 6.45) is 4.57. The minimum absolute atomic E-state index is 0.0701. The Kier molecular flexibility index (Phi) is 3.39. The molecule has 2 aliphatic heterocycles. The molecule has 6 nitrogen and oxygen atoms in total. The number of hydrogen-bond donors (Lipinski definition) is 2. The van der Waals surface area contributed by atoms with Gasteiger partial charge in [0.05, 0.1) is 12.3 Å². The fourth-order valence-corrected chi connectivity index (χ4v) is 5.09. The van der Waals surface area contributed by atoms with Crippen LogP contribution in [0.1, 0.15) is 23.2 Å². The fourth-order valence-electron chi connectivity index (χ4n) is 4.05. The van der Waals surface area contributed by atoms with Crippen molar-refractivity contribution in [3.05, 3.63) is 47.3 Å². The largest absolute Gasteiger partial charge is 0.507 e. The molecule has 7 heteroatoms. The first kappa shape index (κ1) is 15.8. The minimum atomic E-state index is -1.35. The van der Waals surface area contributed by atoms with Gasteiger partial charge in [0, 0.05) is 29.3 Å². The lowest BCUT2D eigenvalue weighted by Crippen LogP contribution is -2.42. The number of phenols is 1. The van der Waals surface area contributed by atoms with E-state index in [1.54, 1.807) is 23.9 Å². The van der Waals surface area contributed by atoms with Gasteiger partial charge in [-0.15, -0.1) is 11.8 Å². The smallest absolute Gasteiger partial charge is 0.231 e. The predicted octanol–water partition coefficient (Wildman–Crippen LogP) is 2.26. The van der Waals surface area contributed by atoms with Crippen molar-refractivity contribution >= 4 is 22.5 Å². The van der Waals surface area contributed by atoms with E-state index in [0.29, 0.717) is 17.1 Å². The summed E-state index contributed by atoms with van der Waals surface area (Å²) >= 11 is 1.66. The van der Waals surface area contributed by atoms with Crippen LogP contribution in [-0.2, 0) is 16.8 Å². The van der Waals surface area contributed by atoms with Crippen molar-refractivity contribution in [2.24, 2.45) is 0 Å². The molecule has 1 aromatic heterocycles. The number of ketones is 1. The number of benzene rings is 1. The van der Waals surface area contributed by atoms with Gasteiger partial charge in [-0.05, 0) is 35.9 Å². The summed E-state index contributed by atoms with van der Waals surface area (Å²) in [7, 11) is 0. The average molecular weight is 371 g/mol. The van der Waals surface area contributed by atoms with Gasteiger partial charge in [0.25, 0.3) is 0 Å². The number of phenolic OH excluding ortho intramolecular Hbond substituents is 1. The molecule has 0 fully saturated rings. The zero-order chi connectivity index (χ0) is 17.9.